The van der Waals surface area contributed by atoms with Crippen molar-refractivity contribution in [2.24, 2.45) is 0 Å². The summed E-state index contributed by atoms with van der Waals surface area (Å²) in [5.41, 5.74) is 1.81. The number of rotatable bonds is 6. The molecule has 0 radical (unpaired) electrons. The first-order chi connectivity index (χ1) is 10.3. The molecule has 1 aromatic carbocycles. The Morgan fingerprint density at radius 3 is 2.55 bits per heavy atom. The molecule has 2 rings (SSSR count). The molecule has 0 amide bonds. The number of thiophene rings is 1. The zero-order valence-corrected chi connectivity index (χ0v) is 14.9. The summed E-state index contributed by atoms with van der Waals surface area (Å²) >= 11 is 1.56. The summed E-state index contributed by atoms with van der Waals surface area (Å²) in [4.78, 5) is 0.291. The van der Waals surface area contributed by atoms with Crippen molar-refractivity contribution < 1.29 is 13.2 Å². The summed E-state index contributed by atoms with van der Waals surface area (Å²) < 4.78 is 32.3. The van der Waals surface area contributed by atoms with Crippen LogP contribution in [0.4, 0.5) is 0 Å². The van der Waals surface area contributed by atoms with Crippen LogP contribution in [-0.2, 0) is 16.6 Å². The Hall–Kier alpha value is -1.37. The second-order valence-corrected chi connectivity index (χ2v) is 8.31. The quantitative estimate of drug-likeness (QED) is 0.807. The second-order valence-electron chi connectivity index (χ2n) is 5.49. The van der Waals surface area contributed by atoms with Gasteiger partial charge >= 0.3 is 0 Å². The van der Waals surface area contributed by atoms with Gasteiger partial charge in [-0.25, -0.2) is 8.42 Å². The summed E-state index contributed by atoms with van der Waals surface area (Å²) in [6.45, 7) is 6.11. The zero-order valence-electron chi connectivity index (χ0n) is 13.2. The van der Waals surface area contributed by atoms with Gasteiger partial charge in [-0.1, -0.05) is 0 Å². The van der Waals surface area contributed by atoms with E-state index in [1.165, 1.54) is 4.31 Å². The van der Waals surface area contributed by atoms with Crippen LogP contribution < -0.4 is 4.74 Å². The average molecular weight is 339 g/mol. The van der Waals surface area contributed by atoms with Crippen LogP contribution >= 0.6 is 11.3 Å². The van der Waals surface area contributed by atoms with Gasteiger partial charge in [-0.3, -0.25) is 0 Å². The van der Waals surface area contributed by atoms with Gasteiger partial charge in [0.05, 0.1) is 11.0 Å². The van der Waals surface area contributed by atoms with Gasteiger partial charge in [0.2, 0.25) is 10.0 Å². The standard InChI is InChI=1S/C16H21NO3S2/c1-12(2)20-16-6-5-15(9-13(16)3)22(18,19)17(4)10-14-7-8-21-11-14/h5-9,11-12H,10H2,1-4H3. The van der Waals surface area contributed by atoms with Gasteiger partial charge < -0.3 is 4.74 Å². The van der Waals surface area contributed by atoms with Gasteiger partial charge in [0.15, 0.2) is 0 Å². The molecule has 0 saturated carbocycles. The van der Waals surface area contributed by atoms with E-state index in [2.05, 4.69) is 0 Å². The molecular formula is C16H21NO3S2. The van der Waals surface area contributed by atoms with Crippen molar-refractivity contribution in [3.05, 3.63) is 46.2 Å². The van der Waals surface area contributed by atoms with E-state index in [0.29, 0.717) is 11.4 Å². The summed E-state index contributed by atoms with van der Waals surface area (Å²) in [6, 6.07) is 6.92. The first-order valence-corrected chi connectivity index (χ1v) is 9.43. The molecule has 0 fully saturated rings. The largest absolute Gasteiger partial charge is 0.491 e. The summed E-state index contributed by atoms with van der Waals surface area (Å²) in [7, 11) is -1.90. The highest BCUT2D eigenvalue weighted by atomic mass is 32.2. The van der Waals surface area contributed by atoms with Crippen LogP contribution in [0.3, 0.4) is 0 Å². The van der Waals surface area contributed by atoms with E-state index < -0.39 is 10.0 Å². The van der Waals surface area contributed by atoms with Crippen molar-refractivity contribution in [1.29, 1.82) is 0 Å². The van der Waals surface area contributed by atoms with E-state index in [0.717, 1.165) is 16.9 Å². The van der Waals surface area contributed by atoms with Gasteiger partial charge in [-0.2, -0.15) is 15.6 Å². The molecule has 0 saturated heterocycles. The fourth-order valence-corrected chi connectivity index (χ4v) is 3.98. The van der Waals surface area contributed by atoms with E-state index in [9.17, 15) is 8.42 Å². The molecule has 0 atom stereocenters. The van der Waals surface area contributed by atoms with E-state index in [1.807, 2.05) is 37.6 Å². The highest BCUT2D eigenvalue weighted by Gasteiger charge is 2.22. The fourth-order valence-electron chi connectivity index (χ4n) is 2.07. The van der Waals surface area contributed by atoms with Crippen LogP contribution in [0.25, 0.3) is 0 Å². The lowest BCUT2D eigenvalue weighted by Crippen LogP contribution is -2.26. The van der Waals surface area contributed by atoms with Gasteiger partial charge in [-0.15, -0.1) is 0 Å². The topological polar surface area (TPSA) is 46.6 Å². The van der Waals surface area contributed by atoms with Crippen LogP contribution in [0, 0.1) is 6.92 Å². The minimum atomic E-state index is -3.50. The minimum Gasteiger partial charge on any atom is -0.491 e. The molecule has 6 heteroatoms. The van der Waals surface area contributed by atoms with E-state index in [4.69, 9.17) is 4.74 Å². The number of hydrogen-bond acceptors (Lipinski definition) is 4. The van der Waals surface area contributed by atoms with Crippen LogP contribution in [-0.4, -0.2) is 25.9 Å². The third kappa shape index (κ3) is 3.88. The normalized spacial score (nSPS) is 12.1. The molecule has 4 nitrogen and oxygen atoms in total. The number of ether oxygens (including phenoxy) is 1. The van der Waals surface area contributed by atoms with Crippen molar-refractivity contribution in [3.63, 3.8) is 0 Å². The summed E-state index contributed by atoms with van der Waals surface area (Å²) in [5.74, 6) is 0.717. The number of hydrogen-bond donors (Lipinski definition) is 0. The molecule has 0 aliphatic rings. The van der Waals surface area contributed by atoms with E-state index in [1.54, 1.807) is 36.6 Å². The van der Waals surface area contributed by atoms with Crippen molar-refractivity contribution in [2.45, 2.75) is 38.3 Å². The molecule has 2 aromatic rings. The average Bonchev–Trinajstić information content (AvgIpc) is 2.93. The van der Waals surface area contributed by atoms with Crippen LogP contribution in [0.15, 0.2) is 39.9 Å². The molecule has 0 bridgehead atoms. The van der Waals surface area contributed by atoms with E-state index >= 15 is 0 Å². The molecule has 120 valence electrons. The molecule has 1 aromatic heterocycles. The molecule has 0 unspecified atom stereocenters. The van der Waals surface area contributed by atoms with Gasteiger partial charge in [0.1, 0.15) is 5.75 Å². The number of aryl methyl sites for hydroxylation is 1. The SMILES string of the molecule is Cc1cc(S(=O)(=O)N(C)Cc2ccsc2)ccc1OC(C)C. The van der Waals surface area contributed by atoms with Crippen molar-refractivity contribution in [2.75, 3.05) is 7.05 Å². The maximum atomic E-state index is 12.6. The first-order valence-electron chi connectivity index (χ1n) is 7.05. The van der Waals surface area contributed by atoms with Crippen LogP contribution in [0.2, 0.25) is 0 Å². The van der Waals surface area contributed by atoms with E-state index in [-0.39, 0.29) is 6.10 Å². The smallest absolute Gasteiger partial charge is 0.243 e. The third-order valence-corrected chi connectivity index (χ3v) is 5.73. The molecular weight excluding hydrogens is 318 g/mol. The Bertz CT molecular complexity index is 722. The Morgan fingerprint density at radius 2 is 2.00 bits per heavy atom. The van der Waals surface area contributed by atoms with Gasteiger partial charge in [0.25, 0.3) is 0 Å². The number of nitrogens with zero attached hydrogens (tertiary/aromatic N) is 1. The molecule has 0 aliphatic carbocycles. The second kappa shape index (κ2) is 6.81. The lowest BCUT2D eigenvalue weighted by molar-refractivity contribution is 0.240. The fraction of sp³-hybridized carbons (Fsp3) is 0.375. The number of sulfonamides is 1. The lowest BCUT2D eigenvalue weighted by Gasteiger charge is -2.18. The Labute approximate surface area is 136 Å². The Kier molecular flexibility index (Phi) is 5.26. The zero-order chi connectivity index (χ0) is 16.3. The van der Waals surface area contributed by atoms with Crippen LogP contribution in [0.1, 0.15) is 25.0 Å². The highest BCUT2D eigenvalue weighted by Crippen LogP contribution is 2.25. The third-order valence-electron chi connectivity index (χ3n) is 3.20. The maximum Gasteiger partial charge on any atom is 0.243 e. The maximum absolute atomic E-state index is 12.6. The molecule has 1 heterocycles. The van der Waals surface area contributed by atoms with Crippen molar-refractivity contribution in [3.8, 4) is 5.75 Å². The molecule has 0 N–H and O–H groups in total. The molecule has 0 aliphatic heterocycles. The van der Waals surface area contributed by atoms with Crippen molar-refractivity contribution >= 4 is 21.4 Å². The first kappa shape index (κ1) is 17.0. The van der Waals surface area contributed by atoms with Crippen molar-refractivity contribution in [1.82, 2.24) is 4.31 Å². The molecule has 0 spiro atoms. The highest BCUT2D eigenvalue weighted by molar-refractivity contribution is 7.89. The number of benzene rings is 1. The summed E-state index contributed by atoms with van der Waals surface area (Å²) in [5, 5.41) is 3.90. The Morgan fingerprint density at radius 1 is 1.27 bits per heavy atom. The monoisotopic (exact) mass is 339 g/mol. The minimum absolute atomic E-state index is 0.0578. The van der Waals surface area contributed by atoms with Gasteiger partial charge in [0, 0.05) is 13.6 Å². The van der Waals surface area contributed by atoms with Crippen LogP contribution in [0.5, 0.6) is 5.75 Å². The lowest BCUT2D eigenvalue weighted by atomic mass is 10.2. The molecule has 22 heavy (non-hydrogen) atoms. The Balaban J connectivity index is 2.23. The van der Waals surface area contributed by atoms with Gasteiger partial charge in [-0.05, 0) is 66.9 Å². The predicted octanol–water partition coefficient (Wildman–Crippen LogP) is 3.66. The predicted molar refractivity (Wildman–Crippen MR) is 89.9 cm³/mol. The summed E-state index contributed by atoms with van der Waals surface area (Å²) in [6.07, 6.45) is 0.0578.